The van der Waals surface area contributed by atoms with Gasteiger partial charge in [0.15, 0.2) is 0 Å². The second kappa shape index (κ2) is 11.6. The van der Waals surface area contributed by atoms with E-state index in [0.717, 1.165) is 25.0 Å². The van der Waals surface area contributed by atoms with E-state index in [-0.39, 0.29) is 12.8 Å². The highest BCUT2D eigenvalue weighted by Gasteiger charge is 2.30. The van der Waals surface area contributed by atoms with Crippen molar-refractivity contribution in [2.75, 3.05) is 51.5 Å². The second-order valence-corrected chi connectivity index (χ2v) is 14.8. The third-order valence-electron chi connectivity index (χ3n) is 3.64. The molecular formula is C16H30O12S4. The molecule has 0 N–H and O–H groups in total. The minimum Gasteiger partial charge on any atom is -0.270 e. The summed E-state index contributed by atoms with van der Waals surface area (Å²) in [6, 6.07) is 0. The van der Waals surface area contributed by atoms with Gasteiger partial charge in [0.2, 0.25) is 0 Å². The lowest BCUT2D eigenvalue weighted by Crippen LogP contribution is -2.32. The van der Waals surface area contributed by atoms with Gasteiger partial charge >= 0.3 is 0 Å². The largest absolute Gasteiger partial charge is 0.270 e. The lowest BCUT2D eigenvalue weighted by molar-refractivity contribution is 0.104. The van der Waals surface area contributed by atoms with Gasteiger partial charge in [-0.05, 0) is 0 Å². The molecule has 0 aromatic heterocycles. The summed E-state index contributed by atoms with van der Waals surface area (Å²) in [5.74, 6) is 5.48. The Hall–Kier alpha value is -0.800. The fourth-order valence-electron chi connectivity index (χ4n) is 1.84. The summed E-state index contributed by atoms with van der Waals surface area (Å²) < 4.78 is 109. The Morgan fingerprint density at radius 1 is 0.500 bits per heavy atom. The van der Waals surface area contributed by atoms with E-state index in [4.69, 9.17) is 16.7 Å². The van der Waals surface area contributed by atoms with Gasteiger partial charge in [-0.25, -0.2) is 0 Å². The molecular weight excluding hydrogens is 512 g/mol. The molecule has 0 saturated carbocycles. The van der Waals surface area contributed by atoms with Gasteiger partial charge < -0.3 is 0 Å². The first-order chi connectivity index (χ1) is 14.0. The Morgan fingerprint density at radius 3 is 0.844 bits per heavy atom. The van der Waals surface area contributed by atoms with Crippen molar-refractivity contribution in [3.05, 3.63) is 0 Å². The quantitative estimate of drug-likeness (QED) is 0.207. The van der Waals surface area contributed by atoms with Crippen LogP contribution in [0.25, 0.3) is 0 Å². The predicted molar refractivity (Wildman–Crippen MR) is 116 cm³/mol. The predicted octanol–water partition coefficient (Wildman–Crippen LogP) is -0.313. The number of hydrogen-bond donors (Lipinski definition) is 0. The van der Waals surface area contributed by atoms with Crippen LogP contribution in [0.5, 0.6) is 0 Å². The van der Waals surface area contributed by atoms with Gasteiger partial charge in [-0.1, -0.05) is 13.8 Å². The average molecular weight is 543 g/mol. The van der Waals surface area contributed by atoms with Gasteiger partial charge in [0.1, 0.15) is 0 Å². The minimum absolute atomic E-state index is 0.0476. The summed E-state index contributed by atoms with van der Waals surface area (Å²) in [5, 5.41) is 0. The molecule has 32 heavy (non-hydrogen) atoms. The Balaban J connectivity index is 5.48. The number of rotatable bonds is 14. The fourth-order valence-corrected chi connectivity index (χ4v) is 3.83. The molecule has 0 aromatic carbocycles. The first kappa shape index (κ1) is 31.2. The van der Waals surface area contributed by atoms with E-state index in [1.54, 1.807) is 0 Å². The van der Waals surface area contributed by atoms with E-state index in [0.29, 0.717) is 0 Å². The molecule has 0 spiro atoms. The Kier molecular flexibility index (Phi) is 11.3. The molecule has 0 atom stereocenters. The Morgan fingerprint density at radius 2 is 0.688 bits per heavy atom. The number of hydrogen-bond acceptors (Lipinski definition) is 12. The van der Waals surface area contributed by atoms with E-state index in [1.165, 1.54) is 13.8 Å². The lowest BCUT2D eigenvalue weighted by Gasteiger charge is -2.26. The van der Waals surface area contributed by atoms with Gasteiger partial charge in [-0.3, -0.25) is 16.7 Å². The molecule has 0 radical (unpaired) electrons. The van der Waals surface area contributed by atoms with Crippen LogP contribution in [0.15, 0.2) is 0 Å². The van der Waals surface area contributed by atoms with Crippen LogP contribution < -0.4 is 0 Å². The summed E-state index contributed by atoms with van der Waals surface area (Å²) in [7, 11) is -15.2. The highest BCUT2D eigenvalue weighted by Crippen LogP contribution is 2.26. The SMILES string of the molecule is CC(CC#CCC(C)(COS(C)(=O)=O)COS(C)(=O)=O)(COS(C)(=O)=O)COS(C)(=O)=O. The first-order valence-electron chi connectivity index (χ1n) is 8.87. The average Bonchev–Trinajstić information content (AvgIpc) is 2.57. The van der Waals surface area contributed by atoms with Crippen LogP contribution in [-0.4, -0.2) is 85.1 Å². The van der Waals surface area contributed by atoms with Crippen molar-refractivity contribution in [1.82, 2.24) is 0 Å². The maximum Gasteiger partial charge on any atom is 0.264 e. The molecule has 190 valence electrons. The van der Waals surface area contributed by atoms with Crippen molar-refractivity contribution in [2.24, 2.45) is 10.8 Å². The van der Waals surface area contributed by atoms with Gasteiger partial charge in [-0.2, -0.15) is 33.7 Å². The van der Waals surface area contributed by atoms with Gasteiger partial charge in [0.05, 0.1) is 51.5 Å². The van der Waals surface area contributed by atoms with Gasteiger partial charge in [0.25, 0.3) is 40.5 Å². The molecule has 0 saturated heterocycles. The maximum absolute atomic E-state index is 11.3. The van der Waals surface area contributed by atoms with Crippen molar-refractivity contribution in [1.29, 1.82) is 0 Å². The molecule has 0 heterocycles. The van der Waals surface area contributed by atoms with E-state index in [9.17, 15) is 33.7 Å². The van der Waals surface area contributed by atoms with Crippen molar-refractivity contribution in [2.45, 2.75) is 26.7 Å². The Bertz CT molecular complexity index is 947. The van der Waals surface area contributed by atoms with Crippen LogP contribution >= 0.6 is 0 Å². The van der Waals surface area contributed by atoms with E-state index >= 15 is 0 Å². The van der Waals surface area contributed by atoms with Crippen molar-refractivity contribution >= 4 is 40.5 Å². The minimum atomic E-state index is -3.81. The molecule has 0 rings (SSSR count). The lowest BCUT2D eigenvalue weighted by atomic mass is 9.87. The first-order valence-corrected chi connectivity index (χ1v) is 16.1. The van der Waals surface area contributed by atoms with Gasteiger partial charge in [-0.15, -0.1) is 11.8 Å². The van der Waals surface area contributed by atoms with Crippen molar-refractivity contribution < 1.29 is 50.4 Å². The molecule has 0 bridgehead atoms. The highest BCUT2D eigenvalue weighted by atomic mass is 32.2. The van der Waals surface area contributed by atoms with Crippen LogP contribution in [0, 0.1) is 22.7 Å². The molecule has 12 nitrogen and oxygen atoms in total. The third-order valence-corrected chi connectivity index (χ3v) is 5.83. The second-order valence-electron chi connectivity index (χ2n) is 8.19. The summed E-state index contributed by atoms with van der Waals surface area (Å²) in [4.78, 5) is 0. The molecule has 0 aliphatic carbocycles. The van der Waals surface area contributed by atoms with Gasteiger partial charge in [0, 0.05) is 23.7 Å². The highest BCUT2D eigenvalue weighted by molar-refractivity contribution is 7.86. The molecule has 0 aliphatic heterocycles. The smallest absolute Gasteiger partial charge is 0.264 e. The summed E-state index contributed by atoms with van der Waals surface area (Å²) in [6.07, 6.45) is 3.26. The van der Waals surface area contributed by atoms with Crippen molar-refractivity contribution in [3.63, 3.8) is 0 Å². The summed E-state index contributed by atoms with van der Waals surface area (Å²) in [5.41, 5.74) is -2.25. The van der Waals surface area contributed by atoms with Crippen LogP contribution in [0.3, 0.4) is 0 Å². The molecule has 0 fully saturated rings. The van der Waals surface area contributed by atoms with Crippen LogP contribution in [0.1, 0.15) is 26.7 Å². The van der Waals surface area contributed by atoms with Crippen LogP contribution in [0.4, 0.5) is 0 Å². The van der Waals surface area contributed by atoms with E-state index < -0.39 is 77.7 Å². The zero-order chi connectivity index (χ0) is 25.5. The van der Waals surface area contributed by atoms with Crippen LogP contribution in [0.2, 0.25) is 0 Å². The fraction of sp³-hybridized carbons (Fsp3) is 0.875. The van der Waals surface area contributed by atoms with Crippen LogP contribution in [-0.2, 0) is 57.2 Å². The molecule has 16 heteroatoms. The maximum atomic E-state index is 11.3. The zero-order valence-corrected chi connectivity index (χ0v) is 22.0. The van der Waals surface area contributed by atoms with Crippen molar-refractivity contribution in [3.8, 4) is 11.8 Å². The Labute approximate surface area is 191 Å². The summed E-state index contributed by atoms with van der Waals surface area (Å²) >= 11 is 0. The monoisotopic (exact) mass is 542 g/mol. The molecule has 0 aromatic rings. The van der Waals surface area contributed by atoms with E-state index in [2.05, 4.69) is 11.8 Å². The standard InChI is InChI=1S/C16H30O12S4/c1-15(11-25-29(3,17)18,12-26-30(4,19)20)9-7-8-10-16(2,13-27-31(5,21)22)14-28-32(6,23)24/h9-14H2,1-6H3. The zero-order valence-electron chi connectivity index (χ0n) is 18.8. The van der Waals surface area contributed by atoms with E-state index in [1.807, 2.05) is 0 Å². The molecule has 0 aliphatic rings. The molecule has 0 unspecified atom stereocenters. The normalized spacial score (nSPS) is 14.1. The summed E-state index contributed by atoms with van der Waals surface area (Å²) in [6.45, 7) is 1.42. The molecule has 0 amide bonds. The third kappa shape index (κ3) is 17.7. The topological polar surface area (TPSA) is 173 Å².